The third-order valence-corrected chi connectivity index (χ3v) is 2.35. The maximum atomic E-state index is 9.00. The van der Waals surface area contributed by atoms with Crippen LogP contribution in [0.5, 0.6) is 0 Å². The Kier molecular flexibility index (Phi) is 3.45. The Labute approximate surface area is 73.6 Å². The number of aromatic nitrogens is 4. The van der Waals surface area contributed by atoms with Gasteiger partial charge in [0, 0.05) is 12.8 Å². The first-order valence-electron chi connectivity index (χ1n) is 3.38. The number of aryl methyl sites for hydroxylation is 1. The van der Waals surface area contributed by atoms with Gasteiger partial charge in [0.1, 0.15) is 0 Å². The Balaban J connectivity index is 2.38. The average Bonchev–Trinajstić information content (AvgIpc) is 2.47. The predicted molar refractivity (Wildman–Crippen MR) is 42.6 cm³/mol. The molecule has 0 aliphatic heterocycles. The Morgan fingerprint density at radius 3 is 2.92 bits per heavy atom. The van der Waals surface area contributed by atoms with Crippen molar-refractivity contribution in [3.05, 3.63) is 0 Å². The molecule has 68 valence electrons. The van der Waals surface area contributed by atoms with Crippen molar-refractivity contribution in [2.75, 3.05) is 12.4 Å². The SMILES string of the molecule is Cn1nnnc1SCC(O)CO. The Bertz CT molecular complexity index is 241. The minimum Gasteiger partial charge on any atom is -0.394 e. The van der Waals surface area contributed by atoms with E-state index < -0.39 is 6.10 Å². The smallest absolute Gasteiger partial charge is 0.209 e. The highest BCUT2D eigenvalue weighted by molar-refractivity contribution is 7.99. The van der Waals surface area contributed by atoms with E-state index in [2.05, 4.69) is 15.5 Å². The van der Waals surface area contributed by atoms with Gasteiger partial charge in [0.25, 0.3) is 0 Å². The zero-order valence-corrected chi connectivity index (χ0v) is 7.40. The second-order valence-corrected chi connectivity index (χ2v) is 3.22. The topological polar surface area (TPSA) is 84.1 Å². The lowest BCUT2D eigenvalue weighted by Gasteiger charge is -2.03. The lowest BCUT2D eigenvalue weighted by Crippen LogP contribution is -2.15. The van der Waals surface area contributed by atoms with Gasteiger partial charge in [0.05, 0.1) is 12.7 Å². The fourth-order valence-corrected chi connectivity index (χ4v) is 1.33. The van der Waals surface area contributed by atoms with Crippen LogP contribution < -0.4 is 0 Å². The molecule has 0 aliphatic rings. The molecule has 0 radical (unpaired) electrons. The minimum atomic E-state index is -0.716. The molecule has 0 saturated carbocycles. The second kappa shape index (κ2) is 4.39. The second-order valence-electron chi connectivity index (χ2n) is 2.23. The molecular weight excluding hydrogens is 180 g/mol. The molecule has 0 aliphatic carbocycles. The number of tetrazole rings is 1. The van der Waals surface area contributed by atoms with Gasteiger partial charge in [-0.15, -0.1) is 5.10 Å². The van der Waals surface area contributed by atoms with Crippen molar-refractivity contribution >= 4 is 11.8 Å². The first kappa shape index (κ1) is 9.43. The van der Waals surface area contributed by atoms with Crippen molar-refractivity contribution in [2.24, 2.45) is 7.05 Å². The van der Waals surface area contributed by atoms with Gasteiger partial charge in [-0.05, 0) is 10.4 Å². The number of thioether (sulfide) groups is 1. The molecule has 0 fully saturated rings. The molecule has 1 heterocycles. The number of aliphatic hydroxyl groups is 2. The van der Waals surface area contributed by atoms with E-state index in [1.54, 1.807) is 7.05 Å². The molecule has 6 nitrogen and oxygen atoms in total. The number of hydrogen-bond donors (Lipinski definition) is 2. The Morgan fingerprint density at radius 2 is 2.42 bits per heavy atom. The van der Waals surface area contributed by atoms with E-state index in [9.17, 15) is 0 Å². The summed E-state index contributed by atoms with van der Waals surface area (Å²) in [4.78, 5) is 0. The zero-order chi connectivity index (χ0) is 8.97. The van der Waals surface area contributed by atoms with E-state index in [0.29, 0.717) is 10.9 Å². The van der Waals surface area contributed by atoms with Crippen LogP contribution in [0.4, 0.5) is 0 Å². The summed E-state index contributed by atoms with van der Waals surface area (Å²) in [5.41, 5.74) is 0. The van der Waals surface area contributed by atoms with Crippen LogP contribution in [-0.4, -0.2) is 48.9 Å². The largest absolute Gasteiger partial charge is 0.394 e. The van der Waals surface area contributed by atoms with E-state index >= 15 is 0 Å². The molecular formula is C5H10N4O2S. The van der Waals surface area contributed by atoms with Crippen LogP contribution in [0, 0.1) is 0 Å². The summed E-state index contributed by atoms with van der Waals surface area (Å²) in [6, 6.07) is 0. The van der Waals surface area contributed by atoms with E-state index in [1.807, 2.05) is 0 Å². The lowest BCUT2D eigenvalue weighted by molar-refractivity contribution is 0.113. The van der Waals surface area contributed by atoms with E-state index in [-0.39, 0.29) is 6.61 Å². The molecule has 0 aromatic carbocycles. The monoisotopic (exact) mass is 190 g/mol. The number of aliphatic hydroxyl groups excluding tert-OH is 2. The van der Waals surface area contributed by atoms with Crippen molar-refractivity contribution in [1.82, 2.24) is 20.2 Å². The fraction of sp³-hybridized carbons (Fsp3) is 0.800. The third kappa shape index (κ3) is 2.43. The molecule has 1 rings (SSSR count). The molecule has 0 spiro atoms. The Morgan fingerprint density at radius 1 is 1.67 bits per heavy atom. The molecule has 1 unspecified atom stereocenters. The van der Waals surface area contributed by atoms with Crippen LogP contribution in [0.3, 0.4) is 0 Å². The van der Waals surface area contributed by atoms with Crippen LogP contribution >= 0.6 is 11.8 Å². The normalized spacial score (nSPS) is 13.2. The maximum Gasteiger partial charge on any atom is 0.209 e. The number of nitrogens with zero attached hydrogens (tertiary/aromatic N) is 4. The molecule has 1 aromatic heterocycles. The molecule has 7 heteroatoms. The van der Waals surface area contributed by atoms with Gasteiger partial charge in [0.15, 0.2) is 0 Å². The summed E-state index contributed by atoms with van der Waals surface area (Å²) in [5, 5.41) is 28.9. The zero-order valence-electron chi connectivity index (χ0n) is 6.58. The van der Waals surface area contributed by atoms with Gasteiger partial charge in [-0.3, -0.25) is 0 Å². The highest BCUT2D eigenvalue weighted by atomic mass is 32.2. The highest BCUT2D eigenvalue weighted by Gasteiger charge is 2.06. The molecule has 1 atom stereocenters. The summed E-state index contributed by atoms with van der Waals surface area (Å²) in [6.07, 6.45) is -0.716. The van der Waals surface area contributed by atoms with Gasteiger partial charge in [-0.2, -0.15) is 0 Å². The average molecular weight is 190 g/mol. The van der Waals surface area contributed by atoms with Gasteiger partial charge < -0.3 is 10.2 Å². The van der Waals surface area contributed by atoms with Crippen LogP contribution in [0.15, 0.2) is 5.16 Å². The first-order valence-corrected chi connectivity index (χ1v) is 4.36. The van der Waals surface area contributed by atoms with Crippen molar-refractivity contribution in [1.29, 1.82) is 0 Å². The maximum absolute atomic E-state index is 9.00. The molecule has 1 aromatic rings. The minimum absolute atomic E-state index is 0.238. The van der Waals surface area contributed by atoms with Crippen LogP contribution in [0.1, 0.15) is 0 Å². The predicted octanol–water partition coefficient (Wildman–Crippen LogP) is -1.34. The van der Waals surface area contributed by atoms with E-state index in [1.165, 1.54) is 16.4 Å². The lowest BCUT2D eigenvalue weighted by atomic mass is 10.4. The summed E-state index contributed by atoms with van der Waals surface area (Å²) < 4.78 is 1.51. The van der Waals surface area contributed by atoms with E-state index in [4.69, 9.17) is 10.2 Å². The third-order valence-electron chi connectivity index (χ3n) is 1.20. The summed E-state index contributed by atoms with van der Waals surface area (Å²) in [5.74, 6) is 0.394. The molecule has 2 N–H and O–H groups in total. The molecule has 12 heavy (non-hydrogen) atoms. The van der Waals surface area contributed by atoms with Gasteiger partial charge >= 0.3 is 0 Å². The Hall–Kier alpha value is -0.660. The molecule has 0 saturated heterocycles. The fourth-order valence-electron chi connectivity index (χ4n) is 0.567. The van der Waals surface area contributed by atoms with Crippen molar-refractivity contribution in [2.45, 2.75) is 11.3 Å². The highest BCUT2D eigenvalue weighted by Crippen LogP contribution is 2.12. The van der Waals surface area contributed by atoms with Gasteiger partial charge in [-0.25, -0.2) is 4.68 Å². The van der Waals surface area contributed by atoms with Crippen molar-refractivity contribution in [3.63, 3.8) is 0 Å². The summed E-state index contributed by atoms with van der Waals surface area (Å²) in [7, 11) is 1.72. The quantitative estimate of drug-likeness (QED) is 0.571. The number of hydrogen-bond acceptors (Lipinski definition) is 6. The van der Waals surface area contributed by atoms with E-state index in [0.717, 1.165) is 0 Å². The van der Waals surface area contributed by atoms with Crippen molar-refractivity contribution in [3.8, 4) is 0 Å². The molecule has 0 bridgehead atoms. The van der Waals surface area contributed by atoms with Crippen LogP contribution in [-0.2, 0) is 7.05 Å². The summed E-state index contributed by atoms with van der Waals surface area (Å²) in [6.45, 7) is -0.238. The molecule has 0 amide bonds. The van der Waals surface area contributed by atoms with Crippen LogP contribution in [0.25, 0.3) is 0 Å². The summed E-state index contributed by atoms with van der Waals surface area (Å²) >= 11 is 1.30. The first-order chi connectivity index (χ1) is 5.74. The number of rotatable bonds is 4. The standard InChI is InChI=1S/C5H10N4O2S/c1-9-5(6-7-8-9)12-3-4(11)2-10/h4,10-11H,2-3H2,1H3. The van der Waals surface area contributed by atoms with Gasteiger partial charge in [-0.1, -0.05) is 11.8 Å². The van der Waals surface area contributed by atoms with Crippen LogP contribution in [0.2, 0.25) is 0 Å². The van der Waals surface area contributed by atoms with Crippen molar-refractivity contribution < 1.29 is 10.2 Å². The van der Waals surface area contributed by atoms with Gasteiger partial charge in [0.2, 0.25) is 5.16 Å².